The highest BCUT2D eigenvalue weighted by molar-refractivity contribution is 9.08. The molecule has 4 heteroatoms. The molecule has 2 aromatic rings. The van der Waals surface area contributed by atoms with Crippen molar-refractivity contribution < 1.29 is 0 Å². The van der Waals surface area contributed by atoms with Crippen LogP contribution in [0.2, 0.25) is 0 Å². The van der Waals surface area contributed by atoms with E-state index in [2.05, 4.69) is 25.9 Å². The standard InChI is InChI=1S/C9H8N2O.CH3Br/c1-6-9(12)11-8-5-3-2-4-7(8)10-6;1-2/h2-5H,1H3,(H,11,12);1H3. The number of nitrogens with zero attached hydrogens (tertiary/aromatic N) is 1. The van der Waals surface area contributed by atoms with Gasteiger partial charge in [-0.3, -0.25) is 4.79 Å². The third kappa shape index (κ3) is 2.20. The van der Waals surface area contributed by atoms with Crippen LogP contribution in [0.25, 0.3) is 11.0 Å². The van der Waals surface area contributed by atoms with Gasteiger partial charge in [-0.1, -0.05) is 28.1 Å². The molecule has 1 N–H and O–H groups in total. The monoisotopic (exact) mass is 254 g/mol. The number of halogens is 1. The molecule has 0 radical (unpaired) electrons. The lowest BCUT2D eigenvalue weighted by atomic mass is 10.3. The molecule has 1 aromatic heterocycles. The Bertz CT molecular complexity index is 479. The third-order valence-electron chi connectivity index (χ3n) is 1.77. The van der Waals surface area contributed by atoms with Crippen molar-refractivity contribution in [1.82, 2.24) is 9.97 Å². The molecule has 0 atom stereocenters. The molecule has 0 spiro atoms. The van der Waals surface area contributed by atoms with Gasteiger partial charge in [0.2, 0.25) is 0 Å². The summed E-state index contributed by atoms with van der Waals surface area (Å²) < 4.78 is 0. The van der Waals surface area contributed by atoms with Gasteiger partial charge in [-0.25, -0.2) is 4.98 Å². The lowest BCUT2D eigenvalue weighted by molar-refractivity contribution is 1.12. The number of H-pyrrole nitrogens is 1. The predicted octanol–water partition coefficient (Wildman–Crippen LogP) is 2.24. The summed E-state index contributed by atoms with van der Waals surface area (Å²) in [6, 6.07) is 7.48. The van der Waals surface area contributed by atoms with Crippen LogP contribution in [0.1, 0.15) is 5.69 Å². The minimum Gasteiger partial charge on any atom is -0.319 e. The number of hydrogen-bond acceptors (Lipinski definition) is 2. The van der Waals surface area contributed by atoms with Crippen LogP contribution >= 0.6 is 15.9 Å². The number of nitrogens with one attached hydrogen (secondary N) is 1. The summed E-state index contributed by atoms with van der Waals surface area (Å²) in [5.41, 5.74) is 2.00. The van der Waals surface area contributed by atoms with E-state index in [1.165, 1.54) is 0 Å². The highest BCUT2D eigenvalue weighted by Crippen LogP contribution is 2.04. The Balaban J connectivity index is 0.000000461. The van der Waals surface area contributed by atoms with Gasteiger partial charge >= 0.3 is 0 Å². The number of aromatic nitrogens is 2. The molecule has 0 fully saturated rings. The Morgan fingerprint density at radius 2 is 1.93 bits per heavy atom. The molecule has 0 unspecified atom stereocenters. The van der Waals surface area contributed by atoms with E-state index in [9.17, 15) is 4.79 Å². The third-order valence-corrected chi connectivity index (χ3v) is 1.77. The number of hydrogen-bond donors (Lipinski definition) is 1. The fourth-order valence-corrected chi connectivity index (χ4v) is 1.12. The average molecular weight is 255 g/mol. The van der Waals surface area contributed by atoms with Gasteiger partial charge in [0.15, 0.2) is 0 Å². The van der Waals surface area contributed by atoms with Crippen molar-refractivity contribution in [3.8, 4) is 0 Å². The van der Waals surface area contributed by atoms with Crippen LogP contribution in [0.3, 0.4) is 0 Å². The summed E-state index contributed by atoms with van der Waals surface area (Å²) in [6.45, 7) is 1.70. The van der Waals surface area contributed by atoms with E-state index >= 15 is 0 Å². The quantitative estimate of drug-likeness (QED) is 0.734. The first-order chi connectivity index (χ1) is 6.77. The first kappa shape index (κ1) is 10.9. The van der Waals surface area contributed by atoms with E-state index in [0.29, 0.717) is 5.69 Å². The van der Waals surface area contributed by atoms with Crippen LogP contribution in [0.5, 0.6) is 0 Å². The van der Waals surface area contributed by atoms with Gasteiger partial charge in [-0.2, -0.15) is 0 Å². The molecule has 3 nitrogen and oxygen atoms in total. The summed E-state index contributed by atoms with van der Waals surface area (Å²) in [4.78, 5) is 18.0. The van der Waals surface area contributed by atoms with Crippen LogP contribution in [0, 0.1) is 6.92 Å². The van der Waals surface area contributed by atoms with E-state index < -0.39 is 0 Å². The van der Waals surface area contributed by atoms with Crippen molar-refractivity contribution in [3.63, 3.8) is 0 Å². The van der Waals surface area contributed by atoms with E-state index in [1.54, 1.807) is 6.92 Å². The SMILES string of the molecule is CBr.Cc1nc2ccccc2[nH]c1=O. The normalized spacial score (nSPS) is 9.36. The van der Waals surface area contributed by atoms with Gasteiger partial charge in [0.05, 0.1) is 11.0 Å². The lowest BCUT2D eigenvalue weighted by Gasteiger charge is -1.96. The van der Waals surface area contributed by atoms with E-state index in [-0.39, 0.29) is 5.56 Å². The Morgan fingerprint density at radius 1 is 1.29 bits per heavy atom. The number of fused-ring (bicyclic) bond motifs is 1. The van der Waals surface area contributed by atoms with Crippen molar-refractivity contribution in [2.24, 2.45) is 0 Å². The first-order valence-electron chi connectivity index (χ1n) is 4.11. The van der Waals surface area contributed by atoms with Crippen molar-refractivity contribution in [1.29, 1.82) is 0 Å². The molecule has 0 bridgehead atoms. The minimum absolute atomic E-state index is 0.117. The molecule has 1 aromatic carbocycles. The number of para-hydroxylation sites is 2. The number of aromatic amines is 1. The molecule has 0 aliphatic rings. The number of alkyl halides is 1. The van der Waals surface area contributed by atoms with Crippen molar-refractivity contribution in [3.05, 3.63) is 40.3 Å². The molecule has 1 heterocycles. The summed E-state index contributed by atoms with van der Waals surface area (Å²) in [6.07, 6.45) is 0. The fraction of sp³-hybridized carbons (Fsp3) is 0.200. The van der Waals surface area contributed by atoms with E-state index in [0.717, 1.165) is 11.0 Å². The largest absolute Gasteiger partial charge is 0.319 e. The zero-order chi connectivity index (χ0) is 10.6. The second kappa shape index (κ2) is 4.91. The number of benzene rings is 1. The topological polar surface area (TPSA) is 45.8 Å². The molecular weight excluding hydrogens is 244 g/mol. The molecule has 0 aliphatic carbocycles. The molecule has 14 heavy (non-hydrogen) atoms. The highest BCUT2D eigenvalue weighted by Gasteiger charge is 1.97. The zero-order valence-corrected chi connectivity index (χ0v) is 9.63. The predicted molar refractivity (Wildman–Crippen MR) is 62.0 cm³/mol. The summed E-state index contributed by atoms with van der Waals surface area (Å²) in [7, 11) is 0. The van der Waals surface area contributed by atoms with Crippen molar-refractivity contribution >= 4 is 27.0 Å². The summed E-state index contributed by atoms with van der Waals surface area (Å²) >= 11 is 2.94. The Morgan fingerprint density at radius 3 is 2.64 bits per heavy atom. The van der Waals surface area contributed by atoms with E-state index in [4.69, 9.17) is 0 Å². The number of aryl methyl sites for hydroxylation is 1. The molecular formula is C10H11BrN2O. The first-order valence-corrected chi connectivity index (χ1v) is 5.69. The molecule has 0 saturated carbocycles. The molecule has 0 aliphatic heterocycles. The van der Waals surface area contributed by atoms with Gasteiger partial charge in [-0.15, -0.1) is 0 Å². The van der Waals surface area contributed by atoms with Gasteiger partial charge < -0.3 is 4.98 Å². The molecule has 74 valence electrons. The van der Waals surface area contributed by atoms with Crippen LogP contribution in [0.4, 0.5) is 0 Å². The summed E-state index contributed by atoms with van der Waals surface area (Å²) in [5.74, 6) is 1.81. The Labute approximate surface area is 90.3 Å². The Hall–Kier alpha value is -1.16. The maximum Gasteiger partial charge on any atom is 0.269 e. The van der Waals surface area contributed by atoms with Crippen LogP contribution < -0.4 is 5.56 Å². The van der Waals surface area contributed by atoms with Crippen LogP contribution in [0.15, 0.2) is 29.1 Å². The van der Waals surface area contributed by atoms with Crippen molar-refractivity contribution in [2.75, 3.05) is 5.83 Å². The van der Waals surface area contributed by atoms with Gasteiger partial charge in [-0.05, 0) is 24.9 Å². The molecule has 2 rings (SSSR count). The summed E-state index contributed by atoms with van der Waals surface area (Å²) in [5, 5.41) is 0. The Kier molecular flexibility index (Phi) is 3.83. The zero-order valence-electron chi connectivity index (χ0n) is 8.04. The second-order valence-corrected chi connectivity index (χ2v) is 2.67. The highest BCUT2D eigenvalue weighted by atomic mass is 79.9. The lowest BCUT2D eigenvalue weighted by Crippen LogP contribution is -2.11. The smallest absolute Gasteiger partial charge is 0.269 e. The maximum atomic E-state index is 11.1. The average Bonchev–Trinajstić information content (AvgIpc) is 2.23. The molecule has 0 saturated heterocycles. The minimum atomic E-state index is -0.117. The molecule has 0 amide bonds. The number of rotatable bonds is 0. The van der Waals surface area contributed by atoms with Gasteiger partial charge in [0.1, 0.15) is 5.69 Å². The van der Waals surface area contributed by atoms with E-state index in [1.807, 2.05) is 30.1 Å². The maximum absolute atomic E-state index is 11.1. The second-order valence-electron chi connectivity index (χ2n) is 2.67. The van der Waals surface area contributed by atoms with Gasteiger partial charge in [0.25, 0.3) is 5.56 Å². The van der Waals surface area contributed by atoms with Gasteiger partial charge in [0, 0.05) is 0 Å². The van der Waals surface area contributed by atoms with Crippen LogP contribution in [-0.2, 0) is 0 Å². The van der Waals surface area contributed by atoms with Crippen LogP contribution in [-0.4, -0.2) is 15.8 Å². The fourth-order valence-electron chi connectivity index (χ4n) is 1.12. The van der Waals surface area contributed by atoms with Crippen molar-refractivity contribution in [2.45, 2.75) is 6.92 Å².